The van der Waals surface area contributed by atoms with Gasteiger partial charge in [0.1, 0.15) is 0 Å². The number of rotatable bonds is 4. The third-order valence-corrected chi connectivity index (χ3v) is 6.86. The predicted molar refractivity (Wildman–Crippen MR) is 108 cm³/mol. The Hall–Kier alpha value is -2.50. The predicted octanol–water partition coefficient (Wildman–Crippen LogP) is 2.42. The number of sulfone groups is 1. The number of halogens is 3. The fourth-order valence-corrected chi connectivity index (χ4v) is 4.52. The molecule has 0 radical (unpaired) electrons. The van der Waals surface area contributed by atoms with Crippen LogP contribution in [0.15, 0.2) is 29.4 Å². The van der Waals surface area contributed by atoms with Crippen molar-refractivity contribution in [3.8, 4) is 0 Å². The van der Waals surface area contributed by atoms with Crippen molar-refractivity contribution < 1.29 is 31.1 Å². The number of hydrazone groups is 1. The van der Waals surface area contributed by atoms with Gasteiger partial charge in [-0.3, -0.25) is 5.43 Å². The Balaban J connectivity index is 1.68. The number of benzene rings is 1. The summed E-state index contributed by atoms with van der Waals surface area (Å²) < 4.78 is 66.6. The van der Waals surface area contributed by atoms with Crippen molar-refractivity contribution in [1.29, 1.82) is 0 Å². The number of carbonyl (C=O) groups excluding carboxylic acids is 1. The largest absolute Gasteiger partial charge is 0.470 e. The second kappa shape index (κ2) is 8.21. The molecule has 172 valence electrons. The molecular formula is C19H25F3N4O4S. The van der Waals surface area contributed by atoms with E-state index in [1.807, 2.05) is 13.8 Å². The first-order valence-electron chi connectivity index (χ1n) is 9.77. The number of ether oxygens (including phenoxy) is 1. The van der Waals surface area contributed by atoms with Crippen molar-refractivity contribution in [2.45, 2.75) is 45.3 Å². The van der Waals surface area contributed by atoms with Gasteiger partial charge in [-0.25, -0.2) is 13.2 Å². The highest BCUT2D eigenvalue weighted by Crippen LogP contribution is 2.32. The van der Waals surface area contributed by atoms with Crippen molar-refractivity contribution in [3.63, 3.8) is 0 Å². The molecule has 0 spiro atoms. The molecule has 1 unspecified atom stereocenters. The fourth-order valence-electron chi connectivity index (χ4n) is 3.32. The summed E-state index contributed by atoms with van der Waals surface area (Å²) >= 11 is 0. The number of hydrogen-bond acceptors (Lipinski definition) is 6. The summed E-state index contributed by atoms with van der Waals surface area (Å²) in [6.45, 7) is 5.76. The quantitative estimate of drug-likeness (QED) is 0.742. The van der Waals surface area contributed by atoms with Crippen LogP contribution in [0.3, 0.4) is 0 Å². The van der Waals surface area contributed by atoms with E-state index in [-0.39, 0.29) is 43.2 Å². The van der Waals surface area contributed by atoms with Crippen LogP contribution in [0.25, 0.3) is 0 Å². The molecule has 1 fully saturated rings. The zero-order chi connectivity index (χ0) is 23.0. The van der Waals surface area contributed by atoms with Gasteiger partial charge in [0.2, 0.25) is 5.72 Å². The highest BCUT2D eigenvalue weighted by Gasteiger charge is 2.47. The molecule has 1 aromatic carbocycles. The fraction of sp³-hybridized carbons (Fsp3) is 0.579. The van der Waals surface area contributed by atoms with Gasteiger partial charge in [-0.05, 0) is 19.4 Å². The smallest absolute Gasteiger partial charge is 0.441 e. The molecule has 2 heterocycles. The molecule has 2 aliphatic heterocycles. The third kappa shape index (κ3) is 5.23. The highest BCUT2D eigenvalue weighted by atomic mass is 32.2. The number of urea groups is 1. The van der Waals surface area contributed by atoms with Gasteiger partial charge in [-0.15, -0.1) is 5.10 Å². The Morgan fingerprint density at radius 2 is 1.84 bits per heavy atom. The van der Waals surface area contributed by atoms with Crippen LogP contribution in [-0.2, 0) is 26.8 Å². The van der Waals surface area contributed by atoms with E-state index in [1.54, 1.807) is 29.2 Å². The Morgan fingerprint density at radius 1 is 1.26 bits per heavy atom. The average Bonchev–Trinajstić information content (AvgIpc) is 3.10. The molecule has 2 amide bonds. The lowest BCUT2D eigenvalue weighted by atomic mass is 10.0. The van der Waals surface area contributed by atoms with Gasteiger partial charge in [0.25, 0.3) is 0 Å². The highest BCUT2D eigenvalue weighted by molar-refractivity contribution is 7.91. The molecule has 0 saturated carbocycles. The van der Waals surface area contributed by atoms with Crippen molar-refractivity contribution >= 4 is 21.8 Å². The Labute approximate surface area is 178 Å². The summed E-state index contributed by atoms with van der Waals surface area (Å²) in [5.74, 6) is -1.43. The van der Waals surface area contributed by atoms with Gasteiger partial charge in [0.15, 0.2) is 9.84 Å². The molecule has 1 N–H and O–H groups in total. The molecule has 1 saturated heterocycles. The minimum Gasteiger partial charge on any atom is -0.441 e. The van der Waals surface area contributed by atoms with Crippen molar-refractivity contribution in [2.75, 3.05) is 24.6 Å². The van der Waals surface area contributed by atoms with Crippen molar-refractivity contribution in [1.82, 2.24) is 15.2 Å². The lowest BCUT2D eigenvalue weighted by Crippen LogP contribution is -2.51. The van der Waals surface area contributed by atoms with E-state index in [1.165, 1.54) is 11.8 Å². The first kappa shape index (κ1) is 23.2. The maximum Gasteiger partial charge on any atom is 0.470 e. The molecule has 3 rings (SSSR count). The topological polar surface area (TPSA) is 91.3 Å². The molecule has 31 heavy (non-hydrogen) atoms. The first-order chi connectivity index (χ1) is 14.3. The van der Waals surface area contributed by atoms with Crippen LogP contribution < -0.4 is 5.43 Å². The molecule has 12 heteroatoms. The Morgan fingerprint density at radius 3 is 2.32 bits per heavy atom. The van der Waals surface area contributed by atoms with E-state index in [4.69, 9.17) is 4.74 Å². The number of nitrogens with one attached hydrogen (secondary N) is 1. The van der Waals surface area contributed by atoms with Gasteiger partial charge in [0, 0.05) is 38.2 Å². The summed E-state index contributed by atoms with van der Waals surface area (Å²) in [6.07, 6.45) is -4.68. The van der Waals surface area contributed by atoms with Gasteiger partial charge >= 0.3 is 18.1 Å². The summed E-state index contributed by atoms with van der Waals surface area (Å²) in [4.78, 5) is 16.1. The Bertz CT molecular complexity index is 949. The number of carbonyl (C=O) groups is 1. The van der Waals surface area contributed by atoms with Crippen molar-refractivity contribution in [2.24, 2.45) is 5.10 Å². The Kier molecular flexibility index (Phi) is 6.14. The van der Waals surface area contributed by atoms with Gasteiger partial charge in [0.05, 0.1) is 11.5 Å². The SMILES string of the molecule is CC(C)N(Cc1ccc(C2(C)NN=C(C(F)(F)F)O2)cc1)C(=O)N1CCS(=O)(=O)CC1. The first-order valence-corrected chi connectivity index (χ1v) is 11.6. The number of nitrogens with zero attached hydrogens (tertiary/aromatic N) is 3. The summed E-state index contributed by atoms with van der Waals surface area (Å²) in [7, 11) is -3.10. The lowest BCUT2D eigenvalue weighted by Gasteiger charge is -2.35. The van der Waals surface area contributed by atoms with E-state index in [0.717, 1.165) is 5.56 Å². The molecule has 8 nitrogen and oxygen atoms in total. The molecule has 1 atom stereocenters. The monoisotopic (exact) mass is 462 g/mol. The molecule has 2 aliphatic rings. The minimum atomic E-state index is -4.68. The number of hydrogen-bond donors (Lipinski definition) is 1. The van der Waals surface area contributed by atoms with Crippen LogP contribution in [0, 0.1) is 0 Å². The molecule has 1 aromatic rings. The van der Waals surface area contributed by atoms with Crippen LogP contribution in [0.5, 0.6) is 0 Å². The third-order valence-electron chi connectivity index (χ3n) is 5.26. The zero-order valence-corrected chi connectivity index (χ0v) is 18.3. The summed E-state index contributed by atoms with van der Waals surface area (Å²) in [6, 6.07) is 6.28. The standard InChI is InChI=1S/C19H25F3N4O4S/c1-13(2)26(17(27)25-8-10-31(28,29)11-9-25)12-14-4-6-15(7-5-14)18(3)24-23-16(30-18)19(20,21)22/h4-7,13,24H,8-12H2,1-3H3. The van der Waals surface area contributed by atoms with Crippen molar-refractivity contribution in [3.05, 3.63) is 35.4 Å². The number of alkyl halides is 3. The van der Waals surface area contributed by atoms with Crippen LogP contribution in [0.4, 0.5) is 18.0 Å². The van der Waals surface area contributed by atoms with Gasteiger partial charge in [-0.2, -0.15) is 13.2 Å². The maximum atomic E-state index is 12.9. The van der Waals surface area contributed by atoms with Crippen LogP contribution in [0.1, 0.15) is 31.9 Å². The molecule has 0 bridgehead atoms. The van der Waals surface area contributed by atoms with Gasteiger partial charge < -0.3 is 14.5 Å². The minimum absolute atomic E-state index is 0.0487. The van der Waals surface area contributed by atoms with E-state index in [0.29, 0.717) is 5.56 Å². The molecule has 0 aliphatic carbocycles. The second-order valence-electron chi connectivity index (χ2n) is 8.00. The molecular weight excluding hydrogens is 437 g/mol. The number of amides is 2. The maximum absolute atomic E-state index is 12.9. The van der Waals surface area contributed by atoms with Crippen LogP contribution in [-0.4, -0.2) is 67.0 Å². The molecule has 0 aromatic heterocycles. The summed E-state index contributed by atoms with van der Waals surface area (Å²) in [5, 5.41) is 3.23. The average molecular weight is 462 g/mol. The van der Waals surface area contributed by atoms with Gasteiger partial charge in [-0.1, -0.05) is 24.3 Å². The van der Waals surface area contributed by atoms with E-state index in [9.17, 15) is 26.4 Å². The second-order valence-corrected chi connectivity index (χ2v) is 10.3. The zero-order valence-electron chi connectivity index (χ0n) is 17.4. The summed E-state index contributed by atoms with van der Waals surface area (Å²) in [5.41, 5.74) is 2.15. The lowest BCUT2D eigenvalue weighted by molar-refractivity contribution is -0.0888. The normalized spacial score (nSPS) is 23.2. The van der Waals surface area contributed by atoms with Crippen LogP contribution >= 0.6 is 0 Å². The van der Waals surface area contributed by atoms with E-state index < -0.39 is 27.6 Å². The van der Waals surface area contributed by atoms with E-state index >= 15 is 0 Å². The van der Waals surface area contributed by atoms with E-state index in [2.05, 4.69) is 10.5 Å². The van der Waals surface area contributed by atoms with Crippen LogP contribution in [0.2, 0.25) is 0 Å².